The average molecular weight is 199 g/mol. The van der Waals surface area contributed by atoms with Gasteiger partial charge in [0.1, 0.15) is 4.88 Å². The van der Waals surface area contributed by atoms with Gasteiger partial charge < -0.3 is 10.8 Å². The maximum absolute atomic E-state index is 10.7. The fourth-order valence-electron chi connectivity index (χ4n) is 1.13. The van der Waals surface area contributed by atoms with Crippen molar-refractivity contribution in [2.45, 2.75) is 20.3 Å². The molecule has 0 saturated carbocycles. The maximum Gasteiger partial charge on any atom is 0.348 e. The largest absolute Gasteiger partial charge is 0.477 e. The summed E-state index contributed by atoms with van der Waals surface area (Å²) < 4.78 is 0. The predicted octanol–water partition coefficient (Wildman–Crippen LogP) is 2.23. The Morgan fingerprint density at radius 3 is 2.69 bits per heavy atom. The molecular formula is C9H13NO2S. The number of nitrogens with two attached hydrogens (primary N) is 1. The molecular weight excluding hydrogens is 186 g/mol. The monoisotopic (exact) mass is 199 g/mol. The Hall–Kier alpha value is -1.03. The SMILES string of the molecule is CC(C)Cc1cc(N)c(C(=O)O)s1. The highest BCUT2D eigenvalue weighted by molar-refractivity contribution is 7.14. The number of hydrogen-bond acceptors (Lipinski definition) is 3. The summed E-state index contributed by atoms with van der Waals surface area (Å²) in [6.45, 7) is 4.19. The van der Waals surface area contributed by atoms with E-state index in [0.717, 1.165) is 11.3 Å². The van der Waals surface area contributed by atoms with Gasteiger partial charge in [0.2, 0.25) is 0 Å². The van der Waals surface area contributed by atoms with Gasteiger partial charge in [0.15, 0.2) is 0 Å². The minimum absolute atomic E-state index is 0.260. The zero-order chi connectivity index (χ0) is 10.0. The number of nitrogen functional groups attached to an aromatic ring is 1. The van der Waals surface area contributed by atoms with Gasteiger partial charge in [-0.2, -0.15) is 0 Å². The number of thiophene rings is 1. The molecule has 0 radical (unpaired) electrons. The molecule has 3 nitrogen and oxygen atoms in total. The highest BCUT2D eigenvalue weighted by Gasteiger charge is 2.13. The van der Waals surface area contributed by atoms with Crippen molar-refractivity contribution in [2.24, 2.45) is 5.92 Å². The Bertz CT molecular complexity index is 317. The fourth-order valence-corrected chi connectivity index (χ4v) is 2.26. The van der Waals surface area contributed by atoms with Gasteiger partial charge in [-0.3, -0.25) is 0 Å². The van der Waals surface area contributed by atoms with Crippen LogP contribution in [0.4, 0.5) is 5.69 Å². The van der Waals surface area contributed by atoms with E-state index >= 15 is 0 Å². The van der Waals surface area contributed by atoms with Gasteiger partial charge in [-0.25, -0.2) is 4.79 Å². The van der Waals surface area contributed by atoms with Crippen LogP contribution in [0.5, 0.6) is 0 Å². The number of carboxylic acids is 1. The first-order valence-electron chi connectivity index (χ1n) is 4.12. The van der Waals surface area contributed by atoms with Crippen LogP contribution in [0.3, 0.4) is 0 Å². The van der Waals surface area contributed by atoms with Crippen LogP contribution < -0.4 is 5.73 Å². The molecule has 0 fully saturated rings. The molecule has 0 aliphatic rings. The summed E-state index contributed by atoms with van der Waals surface area (Å²) in [5.41, 5.74) is 5.93. The first-order chi connectivity index (χ1) is 6.00. The molecule has 1 heterocycles. The molecule has 0 unspecified atom stereocenters. The quantitative estimate of drug-likeness (QED) is 0.784. The van der Waals surface area contributed by atoms with E-state index in [1.54, 1.807) is 6.07 Å². The summed E-state index contributed by atoms with van der Waals surface area (Å²) >= 11 is 1.27. The van der Waals surface area contributed by atoms with Crippen LogP contribution in [0.25, 0.3) is 0 Å². The Balaban J connectivity index is 2.89. The van der Waals surface area contributed by atoms with Crippen LogP contribution in [0.1, 0.15) is 28.4 Å². The Morgan fingerprint density at radius 1 is 1.69 bits per heavy atom. The fraction of sp³-hybridized carbons (Fsp3) is 0.444. The Morgan fingerprint density at radius 2 is 2.31 bits per heavy atom. The second-order valence-electron chi connectivity index (χ2n) is 3.40. The van der Waals surface area contributed by atoms with Gasteiger partial charge in [0, 0.05) is 4.88 Å². The van der Waals surface area contributed by atoms with Crippen molar-refractivity contribution in [1.82, 2.24) is 0 Å². The lowest BCUT2D eigenvalue weighted by Crippen LogP contribution is -1.96. The number of anilines is 1. The third-order valence-corrected chi connectivity index (χ3v) is 2.78. The first kappa shape index (κ1) is 10.1. The maximum atomic E-state index is 10.7. The van der Waals surface area contributed by atoms with E-state index in [-0.39, 0.29) is 4.88 Å². The van der Waals surface area contributed by atoms with Gasteiger partial charge in [0.25, 0.3) is 0 Å². The molecule has 0 saturated heterocycles. The number of rotatable bonds is 3. The first-order valence-corrected chi connectivity index (χ1v) is 4.94. The van der Waals surface area contributed by atoms with Gasteiger partial charge in [-0.05, 0) is 18.4 Å². The molecule has 0 aromatic carbocycles. The van der Waals surface area contributed by atoms with Crippen molar-refractivity contribution in [3.05, 3.63) is 15.8 Å². The molecule has 4 heteroatoms. The van der Waals surface area contributed by atoms with Crippen molar-refractivity contribution in [2.75, 3.05) is 5.73 Å². The van der Waals surface area contributed by atoms with Crippen LogP contribution in [0, 0.1) is 5.92 Å². The predicted molar refractivity (Wildman–Crippen MR) is 54.2 cm³/mol. The molecule has 1 rings (SSSR count). The van der Waals surface area contributed by atoms with Crippen molar-refractivity contribution < 1.29 is 9.90 Å². The van der Waals surface area contributed by atoms with E-state index in [9.17, 15) is 4.79 Å². The van der Waals surface area contributed by atoms with Crippen molar-refractivity contribution >= 4 is 23.0 Å². The molecule has 0 aliphatic heterocycles. The van der Waals surface area contributed by atoms with Crippen LogP contribution >= 0.6 is 11.3 Å². The molecule has 0 bridgehead atoms. The van der Waals surface area contributed by atoms with E-state index in [0.29, 0.717) is 11.6 Å². The van der Waals surface area contributed by atoms with E-state index < -0.39 is 5.97 Å². The van der Waals surface area contributed by atoms with E-state index in [1.165, 1.54) is 11.3 Å². The Labute approximate surface area is 81.2 Å². The van der Waals surface area contributed by atoms with Gasteiger partial charge in [0.05, 0.1) is 5.69 Å². The molecule has 72 valence electrons. The minimum atomic E-state index is -0.933. The molecule has 13 heavy (non-hydrogen) atoms. The molecule has 3 N–H and O–H groups in total. The van der Waals surface area contributed by atoms with Crippen LogP contribution in [0.2, 0.25) is 0 Å². The summed E-state index contributed by atoms with van der Waals surface area (Å²) in [7, 11) is 0. The lowest BCUT2D eigenvalue weighted by atomic mass is 10.1. The molecule has 1 aromatic rings. The van der Waals surface area contributed by atoms with E-state index in [1.807, 2.05) is 0 Å². The standard InChI is InChI=1S/C9H13NO2S/c1-5(2)3-6-4-7(10)8(13-6)9(11)12/h4-5H,3,10H2,1-2H3,(H,11,12). The summed E-state index contributed by atoms with van der Waals surface area (Å²) in [6, 6.07) is 1.76. The van der Waals surface area contributed by atoms with Gasteiger partial charge in [-0.1, -0.05) is 13.8 Å². The molecule has 0 aliphatic carbocycles. The minimum Gasteiger partial charge on any atom is -0.477 e. The van der Waals surface area contributed by atoms with Gasteiger partial charge in [-0.15, -0.1) is 11.3 Å². The van der Waals surface area contributed by atoms with Crippen LogP contribution in [0.15, 0.2) is 6.07 Å². The van der Waals surface area contributed by atoms with Crippen LogP contribution in [-0.4, -0.2) is 11.1 Å². The molecule has 0 spiro atoms. The molecule has 0 atom stereocenters. The van der Waals surface area contributed by atoms with E-state index in [2.05, 4.69) is 13.8 Å². The normalized spacial score (nSPS) is 10.7. The summed E-state index contributed by atoms with van der Waals surface area (Å²) in [5, 5.41) is 8.74. The van der Waals surface area contributed by atoms with Crippen molar-refractivity contribution in [3.63, 3.8) is 0 Å². The number of hydrogen-bond donors (Lipinski definition) is 2. The average Bonchev–Trinajstić information content (AvgIpc) is 2.29. The van der Waals surface area contributed by atoms with E-state index in [4.69, 9.17) is 10.8 Å². The van der Waals surface area contributed by atoms with Crippen molar-refractivity contribution in [3.8, 4) is 0 Å². The molecule has 1 aromatic heterocycles. The highest BCUT2D eigenvalue weighted by atomic mass is 32.1. The second kappa shape index (κ2) is 3.79. The number of aromatic carboxylic acids is 1. The van der Waals surface area contributed by atoms with Crippen LogP contribution in [-0.2, 0) is 6.42 Å². The second-order valence-corrected chi connectivity index (χ2v) is 4.54. The summed E-state index contributed by atoms with van der Waals surface area (Å²) in [5.74, 6) is -0.405. The smallest absolute Gasteiger partial charge is 0.348 e. The zero-order valence-corrected chi connectivity index (χ0v) is 8.52. The Kier molecular flexibility index (Phi) is 2.93. The van der Waals surface area contributed by atoms with Gasteiger partial charge >= 0.3 is 5.97 Å². The van der Waals surface area contributed by atoms with Crippen molar-refractivity contribution in [1.29, 1.82) is 0 Å². The third kappa shape index (κ3) is 2.45. The lowest BCUT2D eigenvalue weighted by molar-refractivity contribution is 0.0703. The number of carbonyl (C=O) groups is 1. The third-order valence-electron chi connectivity index (χ3n) is 1.62. The highest BCUT2D eigenvalue weighted by Crippen LogP contribution is 2.26. The topological polar surface area (TPSA) is 63.3 Å². The number of carboxylic acid groups (broad SMARTS) is 1. The lowest BCUT2D eigenvalue weighted by Gasteiger charge is -1.98. The zero-order valence-electron chi connectivity index (χ0n) is 7.70. The summed E-state index contributed by atoms with van der Waals surface area (Å²) in [4.78, 5) is 12.0. The molecule has 0 amide bonds. The summed E-state index contributed by atoms with van der Waals surface area (Å²) in [6.07, 6.45) is 0.891.